The Bertz CT molecular complexity index is 385. The Morgan fingerprint density at radius 3 is 2.50 bits per heavy atom. The highest BCUT2D eigenvalue weighted by Gasteiger charge is 1.96. The molecule has 0 spiro atoms. The van der Waals surface area contributed by atoms with Gasteiger partial charge in [0.2, 0.25) is 0 Å². The van der Waals surface area contributed by atoms with Gasteiger partial charge in [0.15, 0.2) is 5.82 Å². The molecule has 1 heterocycles. The molecule has 0 aliphatic carbocycles. The zero-order valence-electron chi connectivity index (χ0n) is 7.40. The molecule has 0 unspecified atom stereocenters. The highest BCUT2D eigenvalue weighted by atomic mass is 35.5. The van der Waals surface area contributed by atoms with Crippen LogP contribution in [0.2, 0.25) is 0 Å². The Hall–Kier alpha value is -1.68. The lowest BCUT2D eigenvalue weighted by molar-refractivity contribution is 1.10. The summed E-state index contributed by atoms with van der Waals surface area (Å²) in [6.07, 6.45) is 0. The second-order valence-corrected chi connectivity index (χ2v) is 2.70. The summed E-state index contributed by atoms with van der Waals surface area (Å²) in [5.41, 5.74) is 6.47. The smallest absolute Gasteiger partial charge is 0.154 e. The van der Waals surface area contributed by atoms with E-state index in [4.69, 9.17) is 5.73 Å². The Labute approximate surface area is 87.9 Å². The first-order valence-electron chi connectivity index (χ1n) is 3.97. The molecule has 0 bridgehead atoms. The third-order valence-corrected chi connectivity index (χ3v) is 1.64. The molecule has 0 aliphatic heterocycles. The van der Waals surface area contributed by atoms with E-state index in [-0.39, 0.29) is 12.4 Å². The number of rotatable bonds is 2. The van der Waals surface area contributed by atoms with Crippen molar-refractivity contribution in [1.82, 2.24) is 10.2 Å². The van der Waals surface area contributed by atoms with Crippen LogP contribution in [-0.2, 0) is 0 Å². The number of nitrogens with zero attached hydrogens (tertiary/aromatic N) is 1. The van der Waals surface area contributed by atoms with Gasteiger partial charge in [-0.3, -0.25) is 5.10 Å². The van der Waals surface area contributed by atoms with Crippen LogP contribution in [0.3, 0.4) is 0 Å². The monoisotopic (exact) mass is 210 g/mol. The van der Waals surface area contributed by atoms with Gasteiger partial charge in [0.05, 0.1) is 0 Å². The minimum atomic E-state index is 0. The third kappa shape index (κ3) is 2.40. The lowest BCUT2D eigenvalue weighted by Crippen LogP contribution is -1.88. The topological polar surface area (TPSA) is 66.7 Å². The molecule has 0 atom stereocenters. The maximum absolute atomic E-state index is 5.47. The van der Waals surface area contributed by atoms with E-state index >= 15 is 0 Å². The summed E-state index contributed by atoms with van der Waals surface area (Å²) in [6.45, 7) is 0. The molecule has 0 amide bonds. The molecule has 1 aromatic heterocycles. The summed E-state index contributed by atoms with van der Waals surface area (Å²) in [5.74, 6) is 1.28. The molecule has 1 aromatic carbocycles. The van der Waals surface area contributed by atoms with Crippen LogP contribution in [0.5, 0.6) is 0 Å². The normalized spacial score (nSPS) is 9.14. The molecule has 0 fully saturated rings. The fraction of sp³-hybridized carbons (Fsp3) is 0. The Morgan fingerprint density at radius 1 is 1.21 bits per heavy atom. The predicted octanol–water partition coefficient (Wildman–Crippen LogP) is 2.16. The zero-order valence-corrected chi connectivity index (χ0v) is 8.21. The van der Waals surface area contributed by atoms with E-state index in [1.54, 1.807) is 6.07 Å². The van der Waals surface area contributed by atoms with Gasteiger partial charge >= 0.3 is 0 Å². The van der Waals surface area contributed by atoms with Crippen LogP contribution in [0.4, 0.5) is 17.3 Å². The van der Waals surface area contributed by atoms with Crippen LogP contribution >= 0.6 is 12.4 Å². The van der Waals surface area contributed by atoms with Gasteiger partial charge in [-0.1, -0.05) is 18.2 Å². The molecule has 2 aromatic rings. The van der Waals surface area contributed by atoms with Crippen molar-refractivity contribution in [3.05, 3.63) is 36.4 Å². The number of nitrogens with two attached hydrogens (primary N) is 1. The zero-order chi connectivity index (χ0) is 9.10. The van der Waals surface area contributed by atoms with E-state index < -0.39 is 0 Å². The van der Waals surface area contributed by atoms with Gasteiger partial charge in [-0.15, -0.1) is 12.4 Å². The van der Waals surface area contributed by atoms with Crippen LogP contribution in [-0.4, -0.2) is 10.2 Å². The summed E-state index contributed by atoms with van der Waals surface area (Å²) in [4.78, 5) is 0. The fourth-order valence-corrected chi connectivity index (χ4v) is 1.07. The van der Waals surface area contributed by atoms with Gasteiger partial charge in [0.25, 0.3) is 0 Å². The number of aromatic nitrogens is 2. The summed E-state index contributed by atoms with van der Waals surface area (Å²) in [7, 11) is 0. The van der Waals surface area contributed by atoms with Gasteiger partial charge in [0.1, 0.15) is 5.82 Å². The van der Waals surface area contributed by atoms with Crippen molar-refractivity contribution in [3.8, 4) is 0 Å². The van der Waals surface area contributed by atoms with Crippen LogP contribution in [0.1, 0.15) is 0 Å². The van der Waals surface area contributed by atoms with Gasteiger partial charge < -0.3 is 11.1 Å². The fourth-order valence-electron chi connectivity index (χ4n) is 1.07. The lowest BCUT2D eigenvalue weighted by Gasteiger charge is -1.99. The molecule has 0 aliphatic rings. The van der Waals surface area contributed by atoms with Crippen LogP contribution in [0.15, 0.2) is 36.4 Å². The van der Waals surface area contributed by atoms with E-state index in [2.05, 4.69) is 15.5 Å². The number of para-hydroxylation sites is 1. The van der Waals surface area contributed by atoms with E-state index in [0.29, 0.717) is 5.82 Å². The van der Waals surface area contributed by atoms with Crippen molar-refractivity contribution in [1.29, 1.82) is 0 Å². The highest BCUT2D eigenvalue weighted by molar-refractivity contribution is 5.85. The quantitative estimate of drug-likeness (QED) is 0.712. The molecule has 2 rings (SSSR count). The number of anilines is 3. The SMILES string of the molecule is Cl.Nc1cc(Nc2ccccc2)n[nH]1. The molecule has 0 saturated carbocycles. The van der Waals surface area contributed by atoms with Gasteiger partial charge in [-0.05, 0) is 12.1 Å². The average Bonchev–Trinajstić information content (AvgIpc) is 2.53. The van der Waals surface area contributed by atoms with Crippen molar-refractivity contribution >= 4 is 29.7 Å². The van der Waals surface area contributed by atoms with Crippen LogP contribution in [0, 0.1) is 0 Å². The number of hydrogen-bond acceptors (Lipinski definition) is 3. The molecular formula is C9H11ClN4. The van der Waals surface area contributed by atoms with Crippen LogP contribution < -0.4 is 11.1 Å². The summed E-state index contributed by atoms with van der Waals surface area (Å²) in [6, 6.07) is 11.5. The summed E-state index contributed by atoms with van der Waals surface area (Å²) in [5, 5.41) is 9.71. The van der Waals surface area contributed by atoms with Crippen molar-refractivity contribution in [2.45, 2.75) is 0 Å². The maximum atomic E-state index is 5.47. The van der Waals surface area contributed by atoms with E-state index in [1.807, 2.05) is 30.3 Å². The Morgan fingerprint density at radius 2 is 1.93 bits per heavy atom. The standard InChI is InChI=1S/C9H10N4.ClH/c10-8-6-9(13-12-8)11-7-4-2-1-3-5-7;/h1-6H,(H4,10,11,12,13);1H. The number of aromatic amines is 1. The molecule has 74 valence electrons. The average molecular weight is 211 g/mol. The van der Waals surface area contributed by atoms with Gasteiger partial charge in [0, 0.05) is 11.8 Å². The largest absolute Gasteiger partial charge is 0.384 e. The number of nitrogens with one attached hydrogen (secondary N) is 2. The van der Waals surface area contributed by atoms with Crippen molar-refractivity contribution in [2.24, 2.45) is 0 Å². The number of halogens is 1. The van der Waals surface area contributed by atoms with E-state index in [0.717, 1.165) is 11.5 Å². The van der Waals surface area contributed by atoms with Crippen LogP contribution in [0.25, 0.3) is 0 Å². The van der Waals surface area contributed by atoms with E-state index in [1.165, 1.54) is 0 Å². The molecule has 5 heteroatoms. The van der Waals surface area contributed by atoms with Gasteiger partial charge in [-0.2, -0.15) is 5.10 Å². The maximum Gasteiger partial charge on any atom is 0.154 e. The second-order valence-electron chi connectivity index (χ2n) is 2.70. The summed E-state index contributed by atoms with van der Waals surface area (Å²) < 4.78 is 0. The van der Waals surface area contributed by atoms with E-state index in [9.17, 15) is 0 Å². The van der Waals surface area contributed by atoms with Crippen molar-refractivity contribution in [3.63, 3.8) is 0 Å². The van der Waals surface area contributed by atoms with Crippen molar-refractivity contribution < 1.29 is 0 Å². The molecule has 0 radical (unpaired) electrons. The highest BCUT2D eigenvalue weighted by Crippen LogP contribution is 2.14. The number of benzene rings is 1. The Kier molecular flexibility index (Phi) is 3.36. The second kappa shape index (κ2) is 4.53. The molecule has 14 heavy (non-hydrogen) atoms. The van der Waals surface area contributed by atoms with Crippen molar-refractivity contribution in [2.75, 3.05) is 11.1 Å². The predicted molar refractivity (Wildman–Crippen MR) is 60.0 cm³/mol. The first-order chi connectivity index (χ1) is 6.34. The third-order valence-electron chi connectivity index (χ3n) is 1.64. The molecule has 0 saturated heterocycles. The molecule has 4 N–H and O–H groups in total. The number of nitrogen functional groups attached to an aromatic ring is 1. The molecule has 4 nitrogen and oxygen atoms in total. The number of hydrogen-bond donors (Lipinski definition) is 3. The molecular weight excluding hydrogens is 200 g/mol. The van der Waals surface area contributed by atoms with Gasteiger partial charge in [-0.25, -0.2) is 0 Å². The minimum absolute atomic E-state index is 0. The Balaban J connectivity index is 0.000000980. The number of H-pyrrole nitrogens is 1. The summed E-state index contributed by atoms with van der Waals surface area (Å²) >= 11 is 0. The first-order valence-corrected chi connectivity index (χ1v) is 3.97. The minimum Gasteiger partial charge on any atom is -0.384 e. The first kappa shape index (κ1) is 10.4. The lowest BCUT2D eigenvalue weighted by atomic mass is 10.3.